The molecule has 0 unspecified atom stereocenters. The van der Waals surface area contributed by atoms with Crippen LogP contribution in [-0.4, -0.2) is 29.3 Å². The highest BCUT2D eigenvalue weighted by Crippen LogP contribution is 2.00. The summed E-state index contributed by atoms with van der Waals surface area (Å²) in [5, 5.41) is 17.1. The lowest BCUT2D eigenvalue weighted by Gasteiger charge is -1.95. The summed E-state index contributed by atoms with van der Waals surface area (Å²) in [6, 6.07) is 0. The number of aliphatic hydroxyl groups excluding tert-OH is 1. The minimum atomic E-state index is -1.03. The Labute approximate surface area is 69.3 Å². The van der Waals surface area contributed by atoms with Crippen molar-refractivity contribution in [2.45, 2.75) is 12.8 Å². The minimum absolute atomic E-state index is 0.0650. The van der Waals surface area contributed by atoms with Crippen molar-refractivity contribution >= 4 is 11.9 Å². The predicted molar refractivity (Wildman–Crippen MR) is 39.6 cm³/mol. The molecule has 0 aromatic carbocycles. The van der Waals surface area contributed by atoms with Crippen molar-refractivity contribution in [3.63, 3.8) is 0 Å². The number of rotatable bonds is 4. The molecule has 0 fully saturated rings. The third kappa shape index (κ3) is 5.28. The molecule has 0 rings (SSSR count). The number of allylic oxidation sites excluding steroid dienone is 1. The minimum Gasteiger partial charge on any atom is -0.512 e. The number of methoxy groups -OCH3 is 1. The maximum atomic E-state index is 10.5. The molecular weight excluding hydrogens is 164 g/mol. The van der Waals surface area contributed by atoms with E-state index >= 15 is 0 Å². The molecule has 0 heterocycles. The van der Waals surface area contributed by atoms with Crippen molar-refractivity contribution in [1.82, 2.24) is 0 Å². The van der Waals surface area contributed by atoms with Crippen LogP contribution in [0.2, 0.25) is 0 Å². The molecule has 0 amide bonds. The van der Waals surface area contributed by atoms with E-state index in [1.54, 1.807) is 0 Å². The molecule has 0 aliphatic heterocycles. The molecule has 0 saturated carbocycles. The molecule has 0 aliphatic carbocycles. The van der Waals surface area contributed by atoms with Crippen molar-refractivity contribution in [2.75, 3.05) is 7.11 Å². The van der Waals surface area contributed by atoms with Gasteiger partial charge in [-0.2, -0.15) is 0 Å². The van der Waals surface area contributed by atoms with Gasteiger partial charge in [-0.3, -0.25) is 4.79 Å². The first-order valence-electron chi connectivity index (χ1n) is 3.25. The highest BCUT2D eigenvalue weighted by Gasteiger charge is 2.02. The van der Waals surface area contributed by atoms with E-state index in [2.05, 4.69) is 4.74 Å². The number of carboxylic acids is 1. The fourth-order valence-electron chi connectivity index (χ4n) is 0.502. The summed E-state index contributed by atoms with van der Waals surface area (Å²) in [7, 11) is 1.17. The molecule has 5 nitrogen and oxygen atoms in total. The Morgan fingerprint density at radius 3 is 2.33 bits per heavy atom. The number of carbonyl (C=O) groups excluding carboxylic acids is 1. The summed E-state index contributed by atoms with van der Waals surface area (Å²) in [6.07, 6.45) is 0.576. The second-order valence-electron chi connectivity index (χ2n) is 2.05. The van der Waals surface area contributed by atoms with Crippen molar-refractivity contribution in [3.8, 4) is 0 Å². The Balaban J connectivity index is 3.85. The van der Waals surface area contributed by atoms with Gasteiger partial charge in [0.15, 0.2) is 0 Å². The van der Waals surface area contributed by atoms with Gasteiger partial charge in [0.2, 0.25) is 0 Å². The molecular formula is C7H10O5. The first kappa shape index (κ1) is 10.5. The quantitative estimate of drug-likeness (QED) is 0.367. The van der Waals surface area contributed by atoms with Crippen molar-refractivity contribution in [3.05, 3.63) is 11.8 Å². The Morgan fingerprint density at radius 1 is 1.33 bits per heavy atom. The van der Waals surface area contributed by atoms with Crippen LogP contribution in [0.25, 0.3) is 0 Å². The largest absolute Gasteiger partial charge is 0.512 e. The lowest BCUT2D eigenvalue weighted by molar-refractivity contribution is -0.137. The number of hydrogen-bond acceptors (Lipinski definition) is 4. The maximum Gasteiger partial charge on any atom is 0.333 e. The zero-order valence-electron chi connectivity index (χ0n) is 6.61. The topological polar surface area (TPSA) is 83.8 Å². The Hall–Kier alpha value is -1.52. The lowest BCUT2D eigenvalue weighted by atomic mass is 10.2. The van der Waals surface area contributed by atoms with Gasteiger partial charge < -0.3 is 14.9 Å². The summed E-state index contributed by atoms with van der Waals surface area (Å²) in [6.45, 7) is 0. The second kappa shape index (κ2) is 5.17. The van der Waals surface area contributed by atoms with Gasteiger partial charge in [-0.25, -0.2) is 4.79 Å². The van der Waals surface area contributed by atoms with Crippen LogP contribution < -0.4 is 0 Å². The first-order valence-corrected chi connectivity index (χ1v) is 3.25. The van der Waals surface area contributed by atoms with Crippen molar-refractivity contribution in [1.29, 1.82) is 0 Å². The maximum absolute atomic E-state index is 10.5. The zero-order valence-corrected chi connectivity index (χ0v) is 6.61. The molecule has 0 aromatic heterocycles. The highest BCUT2D eigenvalue weighted by molar-refractivity contribution is 5.82. The zero-order chi connectivity index (χ0) is 9.56. The third-order valence-corrected chi connectivity index (χ3v) is 1.08. The van der Waals surface area contributed by atoms with Gasteiger partial charge in [0, 0.05) is 6.42 Å². The van der Waals surface area contributed by atoms with Crippen LogP contribution in [0.3, 0.4) is 0 Å². The van der Waals surface area contributed by atoms with Gasteiger partial charge >= 0.3 is 11.9 Å². The number of hydrogen-bond donors (Lipinski definition) is 2. The lowest BCUT2D eigenvalue weighted by Crippen LogP contribution is -1.99. The molecule has 12 heavy (non-hydrogen) atoms. The van der Waals surface area contributed by atoms with E-state index < -0.39 is 11.9 Å². The van der Waals surface area contributed by atoms with Gasteiger partial charge in [-0.1, -0.05) is 0 Å². The van der Waals surface area contributed by atoms with Crippen LogP contribution in [0.5, 0.6) is 0 Å². The first-order chi connectivity index (χ1) is 5.56. The fourth-order valence-corrected chi connectivity index (χ4v) is 0.502. The standard InChI is InChI=1S/C7H10O5/c1-12-7(11)4-5(8)2-3-6(9)10/h4,8H,2-3H2,1H3,(H,9,10)/b5-4+. The molecule has 0 atom stereocenters. The summed E-state index contributed by atoms with van der Waals surface area (Å²) in [4.78, 5) is 20.5. The molecule has 0 radical (unpaired) electrons. The van der Waals surface area contributed by atoms with Crippen molar-refractivity contribution in [2.24, 2.45) is 0 Å². The monoisotopic (exact) mass is 174 g/mol. The third-order valence-electron chi connectivity index (χ3n) is 1.08. The van der Waals surface area contributed by atoms with Gasteiger partial charge in [0.05, 0.1) is 19.6 Å². The Bertz CT molecular complexity index is 206. The summed E-state index contributed by atoms with van der Waals surface area (Å²) >= 11 is 0. The van der Waals surface area contributed by atoms with E-state index in [1.165, 1.54) is 7.11 Å². The van der Waals surface area contributed by atoms with E-state index in [0.717, 1.165) is 6.08 Å². The summed E-state index contributed by atoms with van der Waals surface area (Å²) < 4.78 is 4.20. The Kier molecular flexibility index (Phi) is 4.52. The average Bonchev–Trinajstić information content (AvgIpc) is 2.00. The van der Waals surface area contributed by atoms with Gasteiger partial charge in [-0.15, -0.1) is 0 Å². The SMILES string of the molecule is COC(=O)/C=C(/O)CCC(=O)O. The number of aliphatic carboxylic acids is 1. The molecule has 5 heteroatoms. The van der Waals surface area contributed by atoms with Crippen LogP contribution in [0.15, 0.2) is 11.8 Å². The highest BCUT2D eigenvalue weighted by atomic mass is 16.5. The molecule has 0 aromatic rings. The predicted octanol–water partition coefficient (Wildman–Crippen LogP) is 0.466. The second-order valence-corrected chi connectivity index (χ2v) is 2.05. The number of carboxylic acid groups (broad SMARTS) is 1. The number of carbonyl (C=O) groups is 2. The van der Waals surface area contributed by atoms with Crippen LogP contribution >= 0.6 is 0 Å². The Morgan fingerprint density at radius 2 is 1.92 bits per heavy atom. The van der Waals surface area contributed by atoms with Gasteiger partial charge in [0.25, 0.3) is 0 Å². The van der Waals surface area contributed by atoms with Crippen LogP contribution in [-0.2, 0) is 14.3 Å². The molecule has 0 aliphatic rings. The average molecular weight is 174 g/mol. The van der Waals surface area contributed by atoms with Gasteiger partial charge in [-0.05, 0) is 0 Å². The number of ether oxygens (including phenoxy) is 1. The normalized spacial score (nSPS) is 10.9. The molecule has 0 spiro atoms. The molecule has 2 N–H and O–H groups in total. The van der Waals surface area contributed by atoms with Crippen LogP contribution in [0.4, 0.5) is 0 Å². The molecule has 68 valence electrons. The molecule has 0 bridgehead atoms. The molecule has 0 saturated heterocycles. The van der Waals surface area contributed by atoms with E-state index in [9.17, 15) is 9.59 Å². The van der Waals surface area contributed by atoms with Crippen LogP contribution in [0.1, 0.15) is 12.8 Å². The van der Waals surface area contributed by atoms with E-state index in [1.807, 2.05) is 0 Å². The van der Waals surface area contributed by atoms with Crippen molar-refractivity contribution < 1.29 is 24.5 Å². The number of aliphatic hydroxyl groups is 1. The van der Waals surface area contributed by atoms with E-state index in [4.69, 9.17) is 10.2 Å². The van der Waals surface area contributed by atoms with Crippen LogP contribution in [0, 0.1) is 0 Å². The smallest absolute Gasteiger partial charge is 0.333 e. The summed E-state index contributed by atoms with van der Waals surface area (Å²) in [5.41, 5.74) is 0. The van der Waals surface area contributed by atoms with E-state index in [-0.39, 0.29) is 18.6 Å². The fraction of sp³-hybridized carbons (Fsp3) is 0.429. The van der Waals surface area contributed by atoms with Gasteiger partial charge in [0.1, 0.15) is 5.76 Å². The summed E-state index contributed by atoms with van der Waals surface area (Å²) in [5.74, 6) is -2.01. The number of esters is 1. The van der Waals surface area contributed by atoms with E-state index in [0.29, 0.717) is 0 Å².